The fourth-order valence-electron chi connectivity index (χ4n) is 2.40. The molecule has 1 aromatic heterocycles. The summed E-state index contributed by atoms with van der Waals surface area (Å²) in [7, 11) is 0. The fraction of sp³-hybridized carbons (Fsp3) is 0.158. The summed E-state index contributed by atoms with van der Waals surface area (Å²) in [5.41, 5.74) is 4.61. The molecule has 0 fully saturated rings. The van der Waals surface area contributed by atoms with E-state index in [0.717, 1.165) is 29.9 Å². The second kappa shape index (κ2) is 7.85. The first-order chi connectivity index (χ1) is 10.3. The summed E-state index contributed by atoms with van der Waals surface area (Å²) in [5.74, 6) is 0. The lowest BCUT2D eigenvalue weighted by molar-refractivity contribution is -0.688. The Morgan fingerprint density at radius 1 is 0.864 bits per heavy atom. The number of hydrogen-bond acceptors (Lipinski definition) is 1. The minimum Gasteiger partial charge on any atom is -1.00 e. The Morgan fingerprint density at radius 2 is 1.50 bits per heavy atom. The van der Waals surface area contributed by atoms with Gasteiger partial charge in [0.2, 0.25) is 0 Å². The molecule has 3 aromatic rings. The van der Waals surface area contributed by atoms with Gasteiger partial charge in [-0.15, -0.1) is 0 Å². The molecule has 0 bridgehead atoms. The van der Waals surface area contributed by atoms with Crippen molar-refractivity contribution in [2.24, 2.45) is 0 Å². The van der Waals surface area contributed by atoms with Crippen LogP contribution in [0.3, 0.4) is 0 Å². The van der Waals surface area contributed by atoms with E-state index in [1.165, 1.54) is 5.56 Å². The zero-order valence-electron chi connectivity index (χ0n) is 12.6. The van der Waals surface area contributed by atoms with E-state index in [1.807, 2.05) is 12.1 Å². The van der Waals surface area contributed by atoms with Crippen LogP contribution in [0.5, 0.6) is 0 Å². The Balaban J connectivity index is 0.00000176. The van der Waals surface area contributed by atoms with Crippen molar-refractivity contribution in [1.29, 1.82) is 0 Å². The fourth-order valence-corrected chi connectivity index (χ4v) is 2.40. The maximum absolute atomic E-state index is 4.74. The van der Waals surface area contributed by atoms with Gasteiger partial charge < -0.3 is 17.0 Å². The normalized spacial score (nSPS) is 10.0. The van der Waals surface area contributed by atoms with E-state index in [4.69, 9.17) is 4.98 Å². The molecule has 2 aromatic carbocycles. The Labute approximate surface area is 142 Å². The highest BCUT2D eigenvalue weighted by Gasteiger charge is 2.10. The van der Waals surface area contributed by atoms with Gasteiger partial charge in [0.25, 0.3) is 0 Å². The number of nitrogens with zero attached hydrogens (tertiary/aromatic N) is 2. The van der Waals surface area contributed by atoms with Crippen molar-refractivity contribution >= 4 is 0 Å². The summed E-state index contributed by atoms with van der Waals surface area (Å²) < 4.78 is 2.23. The molecule has 112 valence electrons. The van der Waals surface area contributed by atoms with Crippen molar-refractivity contribution in [1.82, 2.24) is 4.98 Å². The van der Waals surface area contributed by atoms with Crippen molar-refractivity contribution in [3.8, 4) is 11.3 Å². The summed E-state index contributed by atoms with van der Waals surface area (Å²) in [6.07, 6.45) is 5.20. The lowest BCUT2D eigenvalue weighted by Crippen LogP contribution is -3.00. The molecular formula is C19H19BrN2. The second-order valence-electron chi connectivity index (χ2n) is 5.12. The molecule has 0 aliphatic carbocycles. The van der Waals surface area contributed by atoms with Crippen LogP contribution in [0.4, 0.5) is 0 Å². The molecule has 2 nitrogen and oxygen atoms in total. The molecule has 3 rings (SSSR count). The number of rotatable bonds is 4. The van der Waals surface area contributed by atoms with Gasteiger partial charge in [-0.2, -0.15) is 4.57 Å². The zero-order valence-corrected chi connectivity index (χ0v) is 14.2. The highest BCUT2D eigenvalue weighted by molar-refractivity contribution is 5.57. The maximum atomic E-state index is 4.74. The summed E-state index contributed by atoms with van der Waals surface area (Å²) in [4.78, 5) is 4.74. The van der Waals surface area contributed by atoms with Crippen LogP contribution in [0, 0.1) is 0 Å². The quantitative estimate of drug-likeness (QED) is 0.628. The SMILES string of the molecule is CCc1c[n+](Cc2ccccc2)cc(-c2ccccc2)n1.[Br-]. The van der Waals surface area contributed by atoms with E-state index < -0.39 is 0 Å². The van der Waals surface area contributed by atoms with Gasteiger partial charge in [0.1, 0.15) is 11.4 Å². The minimum atomic E-state index is 0. The monoisotopic (exact) mass is 354 g/mol. The first kappa shape index (κ1) is 16.4. The number of benzene rings is 2. The van der Waals surface area contributed by atoms with Gasteiger partial charge in [-0.05, 0) is 6.42 Å². The predicted octanol–water partition coefficient (Wildman–Crippen LogP) is 0.651. The zero-order chi connectivity index (χ0) is 14.5. The lowest BCUT2D eigenvalue weighted by atomic mass is 10.1. The van der Waals surface area contributed by atoms with Gasteiger partial charge in [-0.1, -0.05) is 67.6 Å². The molecule has 0 aliphatic rings. The molecule has 1 heterocycles. The Morgan fingerprint density at radius 3 is 2.14 bits per heavy atom. The standard InChI is InChI=1S/C19H19N2.BrH/c1-2-18-14-21(13-16-9-5-3-6-10-16)15-19(20-18)17-11-7-4-8-12-17;/h3-12,14-15H,2,13H2,1H3;1H/q+1;/p-1. The summed E-state index contributed by atoms with van der Waals surface area (Å²) in [5, 5.41) is 0. The average molecular weight is 355 g/mol. The molecule has 0 aliphatic heterocycles. The minimum absolute atomic E-state index is 0. The van der Waals surface area contributed by atoms with Gasteiger partial charge in [0.15, 0.2) is 18.9 Å². The van der Waals surface area contributed by atoms with Gasteiger partial charge in [0.05, 0.1) is 0 Å². The Bertz CT molecular complexity index is 712. The topological polar surface area (TPSA) is 16.8 Å². The van der Waals surface area contributed by atoms with Crippen molar-refractivity contribution in [3.63, 3.8) is 0 Å². The molecule has 22 heavy (non-hydrogen) atoms. The lowest BCUT2D eigenvalue weighted by Gasteiger charge is -2.04. The number of aromatic nitrogens is 2. The third-order valence-electron chi connectivity index (χ3n) is 3.51. The third kappa shape index (κ3) is 4.01. The number of hydrogen-bond donors (Lipinski definition) is 0. The molecule has 0 saturated carbocycles. The highest BCUT2D eigenvalue weighted by Crippen LogP contribution is 2.15. The van der Waals surface area contributed by atoms with Gasteiger partial charge in [0, 0.05) is 11.1 Å². The maximum Gasteiger partial charge on any atom is 0.195 e. The number of aryl methyl sites for hydroxylation is 1. The average Bonchev–Trinajstić information content (AvgIpc) is 2.56. The van der Waals surface area contributed by atoms with Crippen LogP contribution >= 0.6 is 0 Å². The molecule has 0 N–H and O–H groups in total. The first-order valence-corrected chi connectivity index (χ1v) is 7.34. The van der Waals surface area contributed by atoms with E-state index >= 15 is 0 Å². The Hall–Kier alpha value is -2.00. The van der Waals surface area contributed by atoms with Gasteiger partial charge in [-0.25, -0.2) is 4.98 Å². The molecule has 0 radical (unpaired) electrons. The summed E-state index contributed by atoms with van der Waals surface area (Å²) >= 11 is 0. The van der Waals surface area contributed by atoms with Crippen molar-refractivity contribution in [3.05, 3.63) is 84.3 Å². The summed E-state index contributed by atoms with van der Waals surface area (Å²) in [6, 6.07) is 20.9. The Kier molecular flexibility index (Phi) is 5.84. The van der Waals surface area contributed by atoms with Crippen molar-refractivity contribution < 1.29 is 21.5 Å². The first-order valence-electron chi connectivity index (χ1n) is 7.34. The molecular weight excluding hydrogens is 336 g/mol. The predicted molar refractivity (Wildman–Crippen MR) is 84.8 cm³/mol. The third-order valence-corrected chi connectivity index (χ3v) is 3.51. The van der Waals surface area contributed by atoms with Crippen LogP contribution < -0.4 is 21.5 Å². The highest BCUT2D eigenvalue weighted by atomic mass is 79.9. The van der Waals surface area contributed by atoms with E-state index in [9.17, 15) is 0 Å². The summed E-state index contributed by atoms with van der Waals surface area (Å²) in [6.45, 7) is 3.01. The van der Waals surface area contributed by atoms with E-state index in [0.29, 0.717) is 0 Å². The van der Waals surface area contributed by atoms with Crippen LogP contribution in [0.25, 0.3) is 11.3 Å². The van der Waals surface area contributed by atoms with Crippen LogP contribution in [-0.4, -0.2) is 4.98 Å². The van der Waals surface area contributed by atoms with Crippen LogP contribution in [-0.2, 0) is 13.0 Å². The van der Waals surface area contributed by atoms with Crippen molar-refractivity contribution in [2.75, 3.05) is 0 Å². The van der Waals surface area contributed by atoms with E-state index in [2.05, 4.69) is 72.4 Å². The molecule has 0 amide bonds. The van der Waals surface area contributed by atoms with Gasteiger partial charge >= 0.3 is 0 Å². The van der Waals surface area contributed by atoms with Crippen molar-refractivity contribution in [2.45, 2.75) is 19.9 Å². The molecule has 0 unspecified atom stereocenters. The van der Waals surface area contributed by atoms with E-state index in [1.54, 1.807) is 0 Å². The molecule has 0 saturated heterocycles. The van der Waals surface area contributed by atoms with E-state index in [-0.39, 0.29) is 17.0 Å². The smallest absolute Gasteiger partial charge is 0.195 e. The number of halogens is 1. The molecule has 0 spiro atoms. The molecule has 3 heteroatoms. The largest absolute Gasteiger partial charge is 1.00 e. The van der Waals surface area contributed by atoms with Crippen LogP contribution in [0.2, 0.25) is 0 Å². The van der Waals surface area contributed by atoms with Crippen LogP contribution in [0.1, 0.15) is 18.2 Å². The van der Waals surface area contributed by atoms with Crippen LogP contribution in [0.15, 0.2) is 73.1 Å². The molecule has 0 atom stereocenters. The second-order valence-corrected chi connectivity index (χ2v) is 5.12. The van der Waals surface area contributed by atoms with Gasteiger partial charge in [-0.3, -0.25) is 0 Å².